The molecule has 0 spiro atoms. The maximum Gasteiger partial charge on any atom is 0.307 e. The SMILES string of the molecule is C=CCC1N=c2cc([N+](=O)[O-])c(F)cc2=NC1=O.CCC(=O)O. The van der Waals surface area contributed by atoms with Crippen LogP contribution in [0.4, 0.5) is 10.1 Å². The highest BCUT2D eigenvalue weighted by atomic mass is 19.1. The Morgan fingerprint density at radius 1 is 1.52 bits per heavy atom. The van der Waals surface area contributed by atoms with Crippen molar-refractivity contribution in [2.45, 2.75) is 25.8 Å². The van der Waals surface area contributed by atoms with Gasteiger partial charge >= 0.3 is 11.7 Å². The minimum atomic E-state index is -1.03. The Labute approximate surface area is 129 Å². The number of benzene rings is 1. The van der Waals surface area contributed by atoms with Gasteiger partial charge in [0.2, 0.25) is 5.82 Å². The molecule has 0 bridgehead atoms. The zero-order valence-electron chi connectivity index (χ0n) is 12.2. The Bertz CT molecular complexity index is 775. The molecule has 0 saturated carbocycles. The van der Waals surface area contributed by atoms with Crippen LogP contribution in [0.5, 0.6) is 0 Å². The molecule has 0 saturated heterocycles. The lowest BCUT2D eigenvalue weighted by molar-refractivity contribution is -0.387. The Balaban J connectivity index is 0.000000463. The number of carbonyl (C=O) groups is 2. The molecule has 1 N–H and O–H groups in total. The van der Waals surface area contributed by atoms with Crippen molar-refractivity contribution >= 4 is 17.6 Å². The van der Waals surface area contributed by atoms with Gasteiger partial charge in [-0.15, -0.1) is 6.58 Å². The van der Waals surface area contributed by atoms with Gasteiger partial charge in [0.25, 0.3) is 5.91 Å². The highest BCUT2D eigenvalue weighted by molar-refractivity contribution is 5.83. The van der Waals surface area contributed by atoms with E-state index in [2.05, 4.69) is 16.6 Å². The zero-order chi connectivity index (χ0) is 17.6. The number of nitro benzene ring substituents is 1. The van der Waals surface area contributed by atoms with Gasteiger partial charge in [-0.05, 0) is 6.42 Å². The molecule has 0 fully saturated rings. The van der Waals surface area contributed by atoms with Gasteiger partial charge in [0.05, 0.1) is 15.6 Å². The second-order valence-corrected chi connectivity index (χ2v) is 4.42. The third kappa shape index (κ3) is 4.77. The molecule has 1 aliphatic rings. The average molecular weight is 323 g/mol. The number of carboxylic acids is 1. The molecule has 2 rings (SSSR count). The number of rotatable bonds is 4. The topological polar surface area (TPSA) is 122 Å². The van der Waals surface area contributed by atoms with E-state index in [1.54, 1.807) is 6.92 Å². The van der Waals surface area contributed by atoms with Crippen molar-refractivity contribution in [1.29, 1.82) is 0 Å². The summed E-state index contributed by atoms with van der Waals surface area (Å²) in [5, 5.41) is 18.5. The number of halogens is 1. The van der Waals surface area contributed by atoms with Crippen LogP contribution in [0.15, 0.2) is 34.8 Å². The molecular weight excluding hydrogens is 309 g/mol. The Morgan fingerprint density at radius 3 is 2.61 bits per heavy atom. The average Bonchev–Trinajstić information content (AvgIpc) is 2.48. The standard InChI is InChI=1S/C11H8FN3O3.C3H6O2/c1-2-3-7-11(16)14-8-4-6(12)10(15(17)18)5-9(8)13-7;1-2-3(4)5/h2,4-5,7H,1,3H2;2H2,1H3,(H,4,5). The minimum Gasteiger partial charge on any atom is -0.481 e. The summed E-state index contributed by atoms with van der Waals surface area (Å²) < 4.78 is 13.3. The van der Waals surface area contributed by atoms with Crippen LogP contribution in [-0.2, 0) is 9.59 Å². The van der Waals surface area contributed by atoms with Crippen LogP contribution in [0.2, 0.25) is 0 Å². The van der Waals surface area contributed by atoms with Crippen LogP contribution in [0.3, 0.4) is 0 Å². The maximum atomic E-state index is 13.3. The lowest BCUT2D eigenvalue weighted by Gasteiger charge is -2.08. The fraction of sp³-hybridized carbons (Fsp3) is 0.286. The molecule has 1 aromatic rings. The summed E-state index contributed by atoms with van der Waals surface area (Å²) in [5.74, 6) is -2.28. The smallest absolute Gasteiger partial charge is 0.307 e. The molecule has 1 aliphatic heterocycles. The summed E-state index contributed by atoms with van der Waals surface area (Å²) >= 11 is 0. The monoisotopic (exact) mass is 323 g/mol. The summed E-state index contributed by atoms with van der Waals surface area (Å²) in [6.45, 7) is 5.08. The summed E-state index contributed by atoms with van der Waals surface area (Å²) in [6.07, 6.45) is 2.01. The van der Waals surface area contributed by atoms with Gasteiger partial charge in [0.1, 0.15) is 6.04 Å². The predicted molar refractivity (Wildman–Crippen MR) is 76.9 cm³/mol. The lowest BCUT2D eigenvalue weighted by Crippen LogP contribution is -2.37. The minimum absolute atomic E-state index is 0.0170. The molecule has 1 amide bonds. The summed E-state index contributed by atoms with van der Waals surface area (Å²) in [4.78, 5) is 38.3. The van der Waals surface area contributed by atoms with Crippen molar-refractivity contribution in [3.63, 3.8) is 0 Å². The zero-order valence-corrected chi connectivity index (χ0v) is 12.2. The number of hydrogen-bond acceptors (Lipinski definition) is 5. The number of nitro groups is 1. The van der Waals surface area contributed by atoms with Crippen LogP contribution < -0.4 is 10.7 Å². The summed E-state index contributed by atoms with van der Waals surface area (Å²) in [6, 6.07) is 1.09. The highest BCUT2D eigenvalue weighted by Gasteiger charge is 2.21. The number of hydrogen-bond donors (Lipinski definition) is 1. The Morgan fingerprint density at radius 2 is 2.13 bits per heavy atom. The molecule has 0 radical (unpaired) electrons. The van der Waals surface area contributed by atoms with E-state index in [4.69, 9.17) is 5.11 Å². The number of nitrogens with zero attached hydrogens (tertiary/aromatic N) is 3. The quantitative estimate of drug-likeness (QED) is 0.502. The molecule has 8 nitrogen and oxygen atoms in total. The van der Waals surface area contributed by atoms with Gasteiger partial charge < -0.3 is 5.11 Å². The van der Waals surface area contributed by atoms with Crippen LogP contribution in [0.1, 0.15) is 19.8 Å². The van der Waals surface area contributed by atoms with E-state index in [0.29, 0.717) is 0 Å². The molecule has 122 valence electrons. The number of amides is 1. The molecule has 1 atom stereocenters. The normalized spacial score (nSPS) is 15.2. The maximum absolute atomic E-state index is 13.3. The van der Waals surface area contributed by atoms with Crippen LogP contribution in [0.25, 0.3) is 0 Å². The van der Waals surface area contributed by atoms with Crippen molar-refractivity contribution in [3.8, 4) is 0 Å². The van der Waals surface area contributed by atoms with Crippen LogP contribution in [0, 0.1) is 15.9 Å². The van der Waals surface area contributed by atoms with E-state index in [1.807, 2.05) is 0 Å². The molecule has 0 aliphatic carbocycles. The van der Waals surface area contributed by atoms with Gasteiger partial charge in [-0.3, -0.25) is 24.7 Å². The number of carboxylic acid groups (broad SMARTS) is 1. The van der Waals surface area contributed by atoms with E-state index in [0.717, 1.165) is 12.1 Å². The van der Waals surface area contributed by atoms with Gasteiger partial charge in [0.15, 0.2) is 0 Å². The lowest BCUT2D eigenvalue weighted by atomic mass is 10.1. The summed E-state index contributed by atoms with van der Waals surface area (Å²) in [5.41, 5.74) is -0.681. The molecular formula is C14H14FN3O5. The van der Waals surface area contributed by atoms with E-state index in [1.165, 1.54) is 6.08 Å². The first-order valence-corrected chi connectivity index (χ1v) is 6.57. The van der Waals surface area contributed by atoms with Gasteiger partial charge in [-0.2, -0.15) is 4.39 Å². The van der Waals surface area contributed by atoms with E-state index in [9.17, 15) is 24.1 Å². The van der Waals surface area contributed by atoms with E-state index in [-0.39, 0.29) is 23.6 Å². The van der Waals surface area contributed by atoms with Crippen LogP contribution >= 0.6 is 0 Å². The highest BCUT2D eigenvalue weighted by Crippen LogP contribution is 2.12. The second kappa shape index (κ2) is 7.87. The third-order valence-electron chi connectivity index (χ3n) is 2.74. The van der Waals surface area contributed by atoms with Gasteiger partial charge in [-0.25, -0.2) is 4.99 Å². The van der Waals surface area contributed by atoms with Crippen molar-refractivity contribution in [2.75, 3.05) is 0 Å². The van der Waals surface area contributed by atoms with Crippen molar-refractivity contribution in [1.82, 2.24) is 0 Å². The molecule has 1 unspecified atom stereocenters. The molecule has 9 heteroatoms. The third-order valence-corrected chi connectivity index (χ3v) is 2.74. The first-order valence-electron chi connectivity index (χ1n) is 6.57. The first-order chi connectivity index (χ1) is 10.8. The molecule has 1 aromatic carbocycles. The van der Waals surface area contributed by atoms with Crippen molar-refractivity contribution in [2.24, 2.45) is 9.98 Å². The number of fused-ring (bicyclic) bond motifs is 1. The van der Waals surface area contributed by atoms with E-state index < -0.39 is 34.3 Å². The first kappa shape index (κ1) is 18.1. The second-order valence-electron chi connectivity index (χ2n) is 4.42. The van der Waals surface area contributed by atoms with Crippen LogP contribution in [-0.4, -0.2) is 27.9 Å². The van der Waals surface area contributed by atoms with Gasteiger partial charge in [-0.1, -0.05) is 13.0 Å². The fourth-order valence-electron chi connectivity index (χ4n) is 1.60. The van der Waals surface area contributed by atoms with E-state index >= 15 is 0 Å². The fourth-order valence-corrected chi connectivity index (χ4v) is 1.60. The molecule has 0 aromatic heterocycles. The number of aliphatic carboxylic acids is 1. The molecule has 23 heavy (non-hydrogen) atoms. The number of carbonyl (C=O) groups excluding carboxylic acids is 1. The largest absolute Gasteiger partial charge is 0.481 e. The predicted octanol–water partition coefficient (Wildman–Crippen LogP) is 0.939. The molecule has 1 heterocycles. The van der Waals surface area contributed by atoms with Crippen molar-refractivity contribution in [3.05, 3.63) is 51.4 Å². The van der Waals surface area contributed by atoms with Gasteiger partial charge in [0, 0.05) is 18.6 Å². The Kier molecular flexibility index (Phi) is 6.19. The summed E-state index contributed by atoms with van der Waals surface area (Å²) in [7, 11) is 0. The Hall–Kier alpha value is -2.97. The van der Waals surface area contributed by atoms with Crippen molar-refractivity contribution < 1.29 is 24.0 Å².